The fourth-order valence-corrected chi connectivity index (χ4v) is 2.27. The van der Waals surface area contributed by atoms with Crippen molar-refractivity contribution in [3.63, 3.8) is 0 Å². The second kappa shape index (κ2) is 7.51. The summed E-state index contributed by atoms with van der Waals surface area (Å²) in [5, 5.41) is 0. The Kier molecular flexibility index (Phi) is 7.09. The molecule has 0 radical (unpaired) electrons. The molecular formula is C15H29NO3. The normalized spacial score (nSPS) is 13.3. The molecule has 1 unspecified atom stereocenters. The maximum absolute atomic E-state index is 12.6. The maximum Gasteiger partial charge on any atom is 0.319 e. The maximum atomic E-state index is 12.6. The Balaban J connectivity index is 5.17. The molecule has 0 aromatic heterocycles. The van der Waals surface area contributed by atoms with Gasteiger partial charge in [-0.15, -0.1) is 0 Å². The molecule has 0 aliphatic carbocycles. The summed E-state index contributed by atoms with van der Waals surface area (Å²) >= 11 is 0. The molecule has 4 nitrogen and oxygen atoms in total. The van der Waals surface area contributed by atoms with Crippen molar-refractivity contribution in [2.45, 2.75) is 60.4 Å². The van der Waals surface area contributed by atoms with Gasteiger partial charge < -0.3 is 9.64 Å². The van der Waals surface area contributed by atoms with Crippen LogP contribution in [0.2, 0.25) is 0 Å². The summed E-state index contributed by atoms with van der Waals surface area (Å²) in [4.78, 5) is 26.4. The molecule has 1 amide bonds. The molecule has 1 atom stereocenters. The second-order valence-electron chi connectivity index (χ2n) is 5.97. The number of rotatable bonds is 6. The van der Waals surface area contributed by atoms with Gasteiger partial charge in [-0.1, -0.05) is 34.6 Å². The summed E-state index contributed by atoms with van der Waals surface area (Å²) in [7, 11) is 1.78. The monoisotopic (exact) mass is 271 g/mol. The lowest BCUT2D eigenvalue weighted by Crippen LogP contribution is -2.47. The highest BCUT2D eigenvalue weighted by molar-refractivity contribution is 5.98. The van der Waals surface area contributed by atoms with E-state index in [2.05, 4.69) is 13.8 Å². The lowest BCUT2D eigenvalue weighted by atomic mass is 9.79. The number of hydrogen-bond donors (Lipinski definition) is 0. The van der Waals surface area contributed by atoms with Crippen LogP contribution in [0.5, 0.6) is 0 Å². The van der Waals surface area contributed by atoms with Crippen LogP contribution in [0.3, 0.4) is 0 Å². The molecule has 0 rings (SSSR count). The highest BCUT2D eigenvalue weighted by atomic mass is 16.5. The molecule has 0 aromatic rings. The first-order chi connectivity index (χ1) is 8.70. The minimum absolute atomic E-state index is 0.139. The third-order valence-corrected chi connectivity index (χ3v) is 3.47. The Hall–Kier alpha value is -1.06. The Labute approximate surface area is 117 Å². The van der Waals surface area contributed by atoms with E-state index < -0.39 is 17.3 Å². The van der Waals surface area contributed by atoms with Crippen LogP contribution in [0.4, 0.5) is 0 Å². The number of hydrogen-bond acceptors (Lipinski definition) is 3. The van der Waals surface area contributed by atoms with Crippen LogP contribution in [-0.2, 0) is 14.3 Å². The van der Waals surface area contributed by atoms with Crippen molar-refractivity contribution in [3.8, 4) is 0 Å². The molecule has 0 spiro atoms. The van der Waals surface area contributed by atoms with Crippen LogP contribution < -0.4 is 0 Å². The van der Waals surface area contributed by atoms with Gasteiger partial charge in [-0.2, -0.15) is 0 Å². The van der Waals surface area contributed by atoms with E-state index in [0.29, 0.717) is 6.61 Å². The van der Waals surface area contributed by atoms with E-state index >= 15 is 0 Å². The van der Waals surface area contributed by atoms with Gasteiger partial charge in [0.2, 0.25) is 5.91 Å². The van der Waals surface area contributed by atoms with E-state index in [1.807, 2.05) is 20.8 Å². The average molecular weight is 271 g/mol. The van der Waals surface area contributed by atoms with Crippen LogP contribution in [0.25, 0.3) is 0 Å². The Bertz CT molecular complexity index is 303. The van der Waals surface area contributed by atoms with Gasteiger partial charge in [-0.3, -0.25) is 9.59 Å². The summed E-state index contributed by atoms with van der Waals surface area (Å²) in [5.74, 6) is -1.30. The molecule has 0 aromatic carbocycles. The highest BCUT2D eigenvalue weighted by Gasteiger charge is 2.41. The van der Waals surface area contributed by atoms with Crippen molar-refractivity contribution < 1.29 is 14.3 Å². The van der Waals surface area contributed by atoms with E-state index in [4.69, 9.17) is 4.74 Å². The van der Waals surface area contributed by atoms with Crippen LogP contribution in [0.15, 0.2) is 0 Å². The Morgan fingerprint density at radius 1 is 1.11 bits per heavy atom. The van der Waals surface area contributed by atoms with Crippen molar-refractivity contribution in [1.29, 1.82) is 0 Å². The first-order valence-corrected chi connectivity index (χ1v) is 7.13. The van der Waals surface area contributed by atoms with Crippen LogP contribution in [0, 0.1) is 11.3 Å². The van der Waals surface area contributed by atoms with Gasteiger partial charge >= 0.3 is 5.97 Å². The van der Waals surface area contributed by atoms with E-state index in [1.54, 1.807) is 18.9 Å². The zero-order valence-corrected chi connectivity index (χ0v) is 13.4. The highest BCUT2D eigenvalue weighted by Crippen LogP contribution is 2.29. The molecule has 0 aliphatic heterocycles. The zero-order chi connectivity index (χ0) is 15.2. The molecule has 0 saturated heterocycles. The van der Waals surface area contributed by atoms with Gasteiger partial charge in [-0.25, -0.2) is 0 Å². The quantitative estimate of drug-likeness (QED) is 0.551. The number of nitrogens with zero attached hydrogens (tertiary/aromatic N) is 1. The number of esters is 1. The average Bonchev–Trinajstić information content (AvgIpc) is 2.28. The molecule has 0 heterocycles. The van der Waals surface area contributed by atoms with E-state index in [9.17, 15) is 9.59 Å². The molecule has 4 heteroatoms. The van der Waals surface area contributed by atoms with Gasteiger partial charge in [0.05, 0.1) is 6.61 Å². The van der Waals surface area contributed by atoms with Gasteiger partial charge in [-0.05, 0) is 25.2 Å². The smallest absolute Gasteiger partial charge is 0.319 e. The van der Waals surface area contributed by atoms with E-state index in [1.165, 1.54) is 0 Å². The largest absolute Gasteiger partial charge is 0.465 e. The van der Waals surface area contributed by atoms with E-state index in [-0.39, 0.29) is 11.9 Å². The number of ether oxygens (including phenoxy) is 1. The first-order valence-electron chi connectivity index (χ1n) is 7.13. The summed E-state index contributed by atoms with van der Waals surface area (Å²) < 4.78 is 5.06. The van der Waals surface area contributed by atoms with Crippen molar-refractivity contribution in [2.75, 3.05) is 13.7 Å². The van der Waals surface area contributed by atoms with Crippen molar-refractivity contribution in [3.05, 3.63) is 0 Å². The van der Waals surface area contributed by atoms with Crippen molar-refractivity contribution >= 4 is 11.9 Å². The second-order valence-corrected chi connectivity index (χ2v) is 5.97. The minimum Gasteiger partial charge on any atom is -0.465 e. The Morgan fingerprint density at radius 2 is 1.58 bits per heavy atom. The Morgan fingerprint density at radius 3 is 1.89 bits per heavy atom. The van der Waals surface area contributed by atoms with Crippen LogP contribution in [0.1, 0.15) is 54.4 Å². The molecule has 0 N–H and O–H groups in total. The predicted octanol–water partition coefficient (Wildman–Crippen LogP) is 2.86. The van der Waals surface area contributed by atoms with Gasteiger partial charge in [0, 0.05) is 13.1 Å². The third kappa shape index (κ3) is 4.84. The van der Waals surface area contributed by atoms with Crippen molar-refractivity contribution in [2.24, 2.45) is 11.3 Å². The number of amides is 1. The van der Waals surface area contributed by atoms with Gasteiger partial charge in [0.25, 0.3) is 0 Å². The zero-order valence-electron chi connectivity index (χ0n) is 13.4. The molecule has 112 valence electrons. The van der Waals surface area contributed by atoms with Crippen molar-refractivity contribution in [1.82, 2.24) is 4.90 Å². The lowest BCUT2D eigenvalue weighted by Gasteiger charge is -2.34. The predicted molar refractivity (Wildman–Crippen MR) is 76.7 cm³/mol. The molecule has 19 heavy (non-hydrogen) atoms. The fourth-order valence-electron chi connectivity index (χ4n) is 2.27. The molecule has 0 bridgehead atoms. The molecule has 0 saturated carbocycles. The van der Waals surface area contributed by atoms with Crippen LogP contribution >= 0.6 is 0 Å². The van der Waals surface area contributed by atoms with E-state index in [0.717, 1.165) is 12.8 Å². The SMILES string of the molecule is CCOC(=O)C(C(=O)N(C)C(CC)CC)C(C)(C)C. The third-order valence-electron chi connectivity index (χ3n) is 3.47. The summed E-state index contributed by atoms with van der Waals surface area (Å²) in [6.07, 6.45) is 1.77. The number of carbonyl (C=O) groups excluding carboxylic acids is 2. The van der Waals surface area contributed by atoms with Gasteiger partial charge in [0.15, 0.2) is 0 Å². The minimum atomic E-state index is -0.738. The standard InChI is InChI=1S/C15H29NO3/c1-8-11(9-2)16(7)13(17)12(15(4,5)6)14(18)19-10-3/h11-12H,8-10H2,1-7H3. The van der Waals surface area contributed by atoms with Crippen LogP contribution in [-0.4, -0.2) is 36.5 Å². The lowest BCUT2D eigenvalue weighted by molar-refractivity contribution is -0.161. The van der Waals surface area contributed by atoms with Gasteiger partial charge in [0.1, 0.15) is 5.92 Å². The fraction of sp³-hybridized carbons (Fsp3) is 0.867. The summed E-state index contributed by atoms with van der Waals surface area (Å²) in [6, 6.07) is 0.173. The molecule has 0 fully saturated rings. The summed E-state index contributed by atoms with van der Waals surface area (Å²) in [6.45, 7) is 11.8. The topological polar surface area (TPSA) is 46.6 Å². The first kappa shape index (κ1) is 17.9. The summed E-state index contributed by atoms with van der Waals surface area (Å²) in [5.41, 5.74) is -0.441. The molecular weight excluding hydrogens is 242 g/mol. The number of carbonyl (C=O) groups is 2. The molecule has 0 aliphatic rings.